The summed E-state index contributed by atoms with van der Waals surface area (Å²) in [5.74, 6) is -0.925. The summed E-state index contributed by atoms with van der Waals surface area (Å²) in [7, 11) is 0. The highest BCUT2D eigenvalue weighted by molar-refractivity contribution is 5.65. The van der Waals surface area contributed by atoms with Crippen molar-refractivity contribution in [2.45, 2.75) is 31.6 Å². The molecule has 0 radical (unpaired) electrons. The summed E-state index contributed by atoms with van der Waals surface area (Å²) in [5, 5.41) is 11.8. The van der Waals surface area contributed by atoms with Gasteiger partial charge in [0.1, 0.15) is 5.82 Å². The molecule has 1 amide bonds. The third-order valence-corrected chi connectivity index (χ3v) is 3.72. The number of benzene rings is 1. The first kappa shape index (κ1) is 16.5. The van der Waals surface area contributed by atoms with E-state index in [-0.39, 0.29) is 18.2 Å². The van der Waals surface area contributed by atoms with E-state index in [0.717, 1.165) is 12.1 Å². The highest BCUT2D eigenvalue weighted by Crippen LogP contribution is 2.32. The molecule has 1 saturated heterocycles. The fourth-order valence-electron chi connectivity index (χ4n) is 2.50. The maximum atomic E-state index is 13.0. The van der Waals surface area contributed by atoms with Gasteiger partial charge in [-0.25, -0.2) is 9.18 Å². The summed E-state index contributed by atoms with van der Waals surface area (Å²) in [6.07, 6.45) is -4.52. The van der Waals surface area contributed by atoms with Gasteiger partial charge in [0.05, 0.1) is 5.56 Å². The lowest BCUT2D eigenvalue weighted by molar-refractivity contribution is -0.138. The molecule has 2 rings (SSSR count). The third-order valence-electron chi connectivity index (χ3n) is 3.72. The molecule has 0 aromatic heterocycles. The molecular formula is C14H16F4N2O2. The van der Waals surface area contributed by atoms with Crippen LogP contribution in [-0.2, 0) is 12.7 Å². The molecule has 0 atom stereocenters. The number of hydrogen-bond acceptors (Lipinski definition) is 2. The van der Waals surface area contributed by atoms with Crippen LogP contribution in [0.4, 0.5) is 22.4 Å². The standard InChI is InChI=1S/C14H16F4N2O2/c15-10-2-1-9(12(7-10)14(16,17)18)8-19-11-3-5-20(6-4-11)13(21)22/h1-2,7,11,19H,3-6,8H2,(H,21,22). The molecule has 1 aromatic rings. The Balaban J connectivity index is 1.97. The topological polar surface area (TPSA) is 52.6 Å². The minimum Gasteiger partial charge on any atom is -0.465 e. The largest absolute Gasteiger partial charge is 0.465 e. The van der Waals surface area contributed by atoms with Gasteiger partial charge in [-0.05, 0) is 30.5 Å². The van der Waals surface area contributed by atoms with Crippen LogP contribution in [0.25, 0.3) is 0 Å². The van der Waals surface area contributed by atoms with Crippen molar-refractivity contribution < 1.29 is 27.5 Å². The molecule has 0 spiro atoms. The smallest absolute Gasteiger partial charge is 0.416 e. The molecule has 1 aromatic carbocycles. The Kier molecular flexibility index (Phi) is 4.90. The molecule has 0 unspecified atom stereocenters. The Labute approximate surface area is 124 Å². The number of alkyl halides is 3. The zero-order valence-electron chi connectivity index (χ0n) is 11.7. The Hall–Kier alpha value is -1.83. The van der Waals surface area contributed by atoms with E-state index in [9.17, 15) is 22.4 Å². The van der Waals surface area contributed by atoms with Gasteiger partial charge in [0.15, 0.2) is 0 Å². The quantitative estimate of drug-likeness (QED) is 0.842. The lowest BCUT2D eigenvalue weighted by atomic mass is 10.0. The van der Waals surface area contributed by atoms with Crippen molar-refractivity contribution >= 4 is 6.09 Å². The van der Waals surface area contributed by atoms with Crippen molar-refractivity contribution in [3.63, 3.8) is 0 Å². The normalized spacial score (nSPS) is 16.8. The zero-order chi connectivity index (χ0) is 16.3. The summed E-state index contributed by atoms with van der Waals surface area (Å²) in [5.41, 5.74) is -1.00. The van der Waals surface area contributed by atoms with Crippen LogP contribution >= 0.6 is 0 Å². The van der Waals surface area contributed by atoms with E-state index in [4.69, 9.17) is 5.11 Å². The highest BCUT2D eigenvalue weighted by Gasteiger charge is 2.33. The van der Waals surface area contributed by atoms with E-state index in [1.54, 1.807) is 0 Å². The van der Waals surface area contributed by atoms with Crippen molar-refractivity contribution in [3.8, 4) is 0 Å². The van der Waals surface area contributed by atoms with E-state index < -0.39 is 23.7 Å². The summed E-state index contributed by atoms with van der Waals surface area (Å²) in [6.45, 7) is 0.665. The van der Waals surface area contributed by atoms with Crippen LogP contribution in [0.3, 0.4) is 0 Å². The number of likely N-dealkylation sites (tertiary alicyclic amines) is 1. The number of rotatable bonds is 3. The zero-order valence-corrected chi connectivity index (χ0v) is 11.7. The molecule has 22 heavy (non-hydrogen) atoms. The monoisotopic (exact) mass is 320 g/mol. The minimum atomic E-state index is -4.61. The Bertz CT molecular complexity index is 540. The van der Waals surface area contributed by atoms with Crippen LogP contribution in [0, 0.1) is 5.82 Å². The van der Waals surface area contributed by atoms with Crippen molar-refractivity contribution in [2.75, 3.05) is 13.1 Å². The van der Waals surface area contributed by atoms with Gasteiger partial charge in [-0.15, -0.1) is 0 Å². The Morgan fingerprint density at radius 3 is 2.50 bits per heavy atom. The second-order valence-corrected chi connectivity index (χ2v) is 5.22. The lowest BCUT2D eigenvalue weighted by Crippen LogP contribution is -2.44. The van der Waals surface area contributed by atoms with E-state index >= 15 is 0 Å². The van der Waals surface area contributed by atoms with Crippen molar-refractivity contribution in [1.82, 2.24) is 10.2 Å². The molecule has 8 heteroatoms. The third kappa shape index (κ3) is 4.09. The number of carbonyl (C=O) groups is 1. The number of amides is 1. The van der Waals surface area contributed by atoms with Crippen LogP contribution in [0.15, 0.2) is 18.2 Å². The molecule has 1 aliphatic rings. The summed E-state index contributed by atoms with van der Waals surface area (Å²) in [4.78, 5) is 12.0. The SMILES string of the molecule is O=C(O)N1CCC(NCc2ccc(F)cc2C(F)(F)F)CC1. The molecule has 1 heterocycles. The molecule has 122 valence electrons. The number of carboxylic acid groups (broad SMARTS) is 1. The molecule has 4 nitrogen and oxygen atoms in total. The highest BCUT2D eigenvalue weighted by atomic mass is 19.4. The van der Waals surface area contributed by atoms with Crippen molar-refractivity contribution in [1.29, 1.82) is 0 Å². The van der Waals surface area contributed by atoms with Gasteiger partial charge in [-0.2, -0.15) is 13.2 Å². The van der Waals surface area contributed by atoms with Gasteiger partial charge in [0.25, 0.3) is 0 Å². The second-order valence-electron chi connectivity index (χ2n) is 5.22. The van der Waals surface area contributed by atoms with Crippen molar-refractivity contribution in [3.05, 3.63) is 35.1 Å². The van der Waals surface area contributed by atoms with E-state index in [1.807, 2.05) is 0 Å². The van der Waals surface area contributed by atoms with Gasteiger partial charge in [0.2, 0.25) is 0 Å². The van der Waals surface area contributed by atoms with Gasteiger partial charge in [-0.1, -0.05) is 6.07 Å². The molecule has 2 N–H and O–H groups in total. The van der Waals surface area contributed by atoms with Crippen LogP contribution < -0.4 is 5.32 Å². The predicted molar refractivity (Wildman–Crippen MR) is 70.9 cm³/mol. The molecule has 1 aliphatic heterocycles. The summed E-state index contributed by atoms with van der Waals surface area (Å²) < 4.78 is 51.6. The number of hydrogen-bond donors (Lipinski definition) is 2. The maximum absolute atomic E-state index is 13.0. The van der Waals surface area contributed by atoms with Gasteiger partial charge < -0.3 is 15.3 Å². The average Bonchev–Trinajstić information content (AvgIpc) is 2.45. The van der Waals surface area contributed by atoms with Gasteiger partial charge in [-0.3, -0.25) is 0 Å². The minimum absolute atomic E-state index is 0.0189. The molecule has 1 fully saturated rings. The first-order valence-electron chi connectivity index (χ1n) is 6.84. The number of halogens is 4. The number of nitrogens with zero attached hydrogens (tertiary/aromatic N) is 1. The molecule has 0 bridgehead atoms. The lowest BCUT2D eigenvalue weighted by Gasteiger charge is -2.30. The Morgan fingerprint density at radius 1 is 1.32 bits per heavy atom. The fraction of sp³-hybridized carbons (Fsp3) is 0.500. The summed E-state index contributed by atoms with van der Waals surface area (Å²) in [6, 6.07) is 2.56. The van der Waals surface area contributed by atoms with Crippen LogP contribution in [0.2, 0.25) is 0 Å². The molecule has 0 aliphatic carbocycles. The summed E-state index contributed by atoms with van der Waals surface area (Å²) >= 11 is 0. The number of nitrogens with one attached hydrogen (secondary N) is 1. The van der Waals surface area contributed by atoms with E-state index in [1.165, 1.54) is 4.90 Å². The fourth-order valence-corrected chi connectivity index (χ4v) is 2.50. The average molecular weight is 320 g/mol. The van der Waals surface area contributed by atoms with E-state index in [0.29, 0.717) is 32.0 Å². The van der Waals surface area contributed by atoms with Crippen molar-refractivity contribution in [2.24, 2.45) is 0 Å². The first-order valence-corrected chi connectivity index (χ1v) is 6.84. The van der Waals surface area contributed by atoms with Gasteiger partial charge >= 0.3 is 12.3 Å². The molecular weight excluding hydrogens is 304 g/mol. The van der Waals surface area contributed by atoms with Crippen LogP contribution in [0.5, 0.6) is 0 Å². The van der Waals surface area contributed by atoms with Crippen LogP contribution in [-0.4, -0.2) is 35.2 Å². The predicted octanol–water partition coefficient (Wildman–Crippen LogP) is 3.08. The van der Waals surface area contributed by atoms with Crippen LogP contribution in [0.1, 0.15) is 24.0 Å². The second kappa shape index (κ2) is 6.51. The number of piperidine rings is 1. The Morgan fingerprint density at radius 2 is 1.95 bits per heavy atom. The first-order chi connectivity index (χ1) is 10.3. The maximum Gasteiger partial charge on any atom is 0.416 e. The van der Waals surface area contributed by atoms with Gasteiger partial charge in [0, 0.05) is 25.7 Å². The van der Waals surface area contributed by atoms with E-state index in [2.05, 4.69) is 5.32 Å². The molecule has 0 saturated carbocycles.